The van der Waals surface area contributed by atoms with Crippen LogP contribution in [0, 0.1) is 0 Å². The summed E-state index contributed by atoms with van der Waals surface area (Å²) in [5, 5.41) is 22.0. The molecule has 4 atom stereocenters. The van der Waals surface area contributed by atoms with Gasteiger partial charge in [0.2, 0.25) is 6.79 Å². The van der Waals surface area contributed by atoms with Crippen molar-refractivity contribution in [2.75, 3.05) is 33.6 Å². The van der Waals surface area contributed by atoms with Gasteiger partial charge in [-0.25, -0.2) is 4.79 Å². The first-order valence-electron chi connectivity index (χ1n) is 15.5. The average molecular weight is 612 g/mol. The van der Waals surface area contributed by atoms with Crippen LogP contribution in [0.5, 0.6) is 11.5 Å². The number of nitrogens with zero attached hydrogens (tertiary/aromatic N) is 1. The molecule has 4 aliphatic rings. The molecule has 10 heteroatoms. The highest BCUT2D eigenvalue weighted by Gasteiger charge is 2.59. The van der Waals surface area contributed by atoms with E-state index in [4.69, 9.17) is 23.7 Å². The predicted octanol–water partition coefficient (Wildman–Crippen LogP) is 4.08. The van der Waals surface area contributed by atoms with Gasteiger partial charge in [-0.2, -0.15) is 0 Å². The first-order chi connectivity index (χ1) is 21.0. The molecule has 3 heterocycles. The number of esters is 2. The van der Waals surface area contributed by atoms with Gasteiger partial charge >= 0.3 is 11.9 Å². The minimum atomic E-state index is -2.16. The molecule has 0 radical (unpaired) electrons. The van der Waals surface area contributed by atoms with Gasteiger partial charge in [-0.1, -0.05) is 18.2 Å². The zero-order chi connectivity index (χ0) is 31.5. The maximum Gasteiger partial charge on any atom is 0.339 e. The number of ether oxygens (including phenoxy) is 5. The van der Waals surface area contributed by atoms with Gasteiger partial charge in [-0.3, -0.25) is 9.69 Å². The van der Waals surface area contributed by atoms with E-state index in [1.165, 1.54) is 0 Å². The molecule has 1 fully saturated rings. The number of allylic oxidation sites excluding steroid dienone is 3. The van der Waals surface area contributed by atoms with E-state index in [1.807, 2.05) is 25.1 Å². The Hall–Kier alpha value is -3.34. The first kappa shape index (κ1) is 32.1. The van der Waals surface area contributed by atoms with Crippen molar-refractivity contribution in [2.45, 2.75) is 94.5 Å². The van der Waals surface area contributed by atoms with E-state index in [-0.39, 0.29) is 32.2 Å². The van der Waals surface area contributed by atoms with Gasteiger partial charge in [0.05, 0.1) is 30.6 Å². The van der Waals surface area contributed by atoms with E-state index >= 15 is 0 Å². The van der Waals surface area contributed by atoms with Crippen molar-refractivity contribution in [1.29, 1.82) is 0 Å². The summed E-state index contributed by atoms with van der Waals surface area (Å²) < 4.78 is 28.8. The van der Waals surface area contributed by atoms with E-state index < -0.39 is 41.2 Å². The Morgan fingerprint density at radius 3 is 2.64 bits per heavy atom. The van der Waals surface area contributed by atoms with E-state index in [0.29, 0.717) is 23.7 Å². The number of hydrogen-bond acceptors (Lipinski definition) is 10. The summed E-state index contributed by atoms with van der Waals surface area (Å²) >= 11 is 0. The summed E-state index contributed by atoms with van der Waals surface area (Å²) in [4.78, 5) is 29.3. The molecule has 3 aliphatic heterocycles. The van der Waals surface area contributed by atoms with Gasteiger partial charge in [0, 0.05) is 6.54 Å². The molecule has 5 rings (SSSR count). The monoisotopic (exact) mass is 611 g/mol. The lowest BCUT2D eigenvalue weighted by molar-refractivity contribution is -0.179. The van der Waals surface area contributed by atoms with Gasteiger partial charge < -0.3 is 33.9 Å². The van der Waals surface area contributed by atoms with Crippen molar-refractivity contribution >= 4 is 11.9 Å². The van der Waals surface area contributed by atoms with Crippen molar-refractivity contribution in [3.63, 3.8) is 0 Å². The Morgan fingerprint density at radius 1 is 1.14 bits per heavy atom. The second-order valence-corrected chi connectivity index (χ2v) is 12.8. The number of aliphatic hydroxyl groups is 2. The summed E-state index contributed by atoms with van der Waals surface area (Å²) in [5.41, 5.74) is -1.52. The fourth-order valence-corrected chi connectivity index (χ4v) is 7.07. The molecular weight excluding hydrogens is 566 g/mol. The summed E-state index contributed by atoms with van der Waals surface area (Å²) in [6.45, 7) is 7.08. The van der Waals surface area contributed by atoms with E-state index in [1.54, 1.807) is 39.2 Å². The third-order valence-corrected chi connectivity index (χ3v) is 9.17. The summed E-state index contributed by atoms with van der Waals surface area (Å²) in [6, 6.07) is 4.01. The predicted molar refractivity (Wildman–Crippen MR) is 162 cm³/mol. The largest absolute Gasteiger partial charge is 0.497 e. The number of benzene rings is 1. The molecule has 240 valence electrons. The van der Waals surface area contributed by atoms with Gasteiger partial charge in [-0.05, 0) is 101 Å². The van der Waals surface area contributed by atoms with Crippen LogP contribution in [0.3, 0.4) is 0 Å². The number of methoxy groups -OCH3 is 1. The zero-order valence-corrected chi connectivity index (χ0v) is 26.2. The van der Waals surface area contributed by atoms with Crippen molar-refractivity contribution in [3.8, 4) is 11.5 Å². The number of rotatable bonds is 12. The molecule has 1 aromatic rings. The maximum atomic E-state index is 14.0. The van der Waals surface area contributed by atoms with Crippen molar-refractivity contribution in [2.24, 2.45) is 0 Å². The molecule has 0 amide bonds. The molecule has 10 nitrogen and oxygen atoms in total. The molecule has 1 saturated heterocycles. The topological polar surface area (TPSA) is 124 Å². The van der Waals surface area contributed by atoms with Crippen LogP contribution in [0.2, 0.25) is 0 Å². The quantitative estimate of drug-likeness (QED) is 0.264. The van der Waals surface area contributed by atoms with Crippen LogP contribution >= 0.6 is 0 Å². The highest BCUT2D eigenvalue weighted by molar-refractivity contribution is 5.86. The first-order valence-corrected chi connectivity index (χ1v) is 15.5. The van der Waals surface area contributed by atoms with Gasteiger partial charge in [0.1, 0.15) is 12.4 Å². The Morgan fingerprint density at radius 2 is 1.91 bits per heavy atom. The Bertz CT molecular complexity index is 1330. The summed E-state index contributed by atoms with van der Waals surface area (Å²) in [6.07, 6.45) is 10.9. The molecular formula is C34H45NO9. The fraction of sp³-hybridized carbons (Fsp3) is 0.588. The van der Waals surface area contributed by atoms with Crippen LogP contribution in [-0.4, -0.2) is 83.5 Å². The number of hydrogen-bond donors (Lipinski definition) is 2. The van der Waals surface area contributed by atoms with Crippen molar-refractivity contribution in [1.82, 2.24) is 4.90 Å². The van der Waals surface area contributed by atoms with Gasteiger partial charge in [0.15, 0.2) is 23.2 Å². The second kappa shape index (κ2) is 12.9. The summed E-state index contributed by atoms with van der Waals surface area (Å²) in [5.74, 6) is -0.104. The van der Waals surface area contributed by atoms with Crippen molar-refractivity contribution in [3.05, 3.63) is 59.4 Å². The van der Waals surface area contributed by atoms with E-state index in [2.05, 4.69) is 11.0 Å². The van der Waals surface area contributed by atoms with E-state index in [0.717, 1.165) is 43.5 Å². The van der Waals surface area contributed by atoms with Gasteiger partial charge in [0.25, 0.3) is 0 Å². The minimum absolute atomic E-state index is 0.00444. The molecule has 1 spiro atoms. The molecule has 1 aliphatic carbocycles. The minimum Gasteiger partial charge on any atom is -0.497 e. The van der Waals surface area contributed by atoms with Crippen LogP contribution in [0.25, 0.3) is 0 Å². The maximum absolute atomic E-state index is 14.0. The van der Waals surface area contributed by atoms with Crippen LogP contribution in [0.1, 0.15) is 76.3 Å². The average Bonchev–Trinajstić information content (AvgIpc) is 3.65. The lowest BCUT2D eigenvalue weighted by Crippen LogP contribution is -2.49. The normalized spacial score (nSPS) is 25.6. The Labute approximate surface area is 259 Å². The number of carbonyl (C=O) groups excluding carboxylic acids is 2. The third-order valence-electron chi connectivity index (χ3n) is 9.17. The molecule has 0 unspecified atom stereocenters. The molecule has 2 N–H and O–H groups in total. The molecule has 0 bridgehead atoms. The molecule has 1 aromatic carbocycles. The SMILES string of the molecule is C/C=C/C=C/COC(=O)C[C@](O)(CCCC(C)(C)O)C(=O)O[C@@H]1C(OC)=C[C@]23CCCN2CCc2cc4c(cc2[C@H]13)OCO4. The lowest BCUT2D eigenvalue weighted by Gasteiger charge is -2.39. The fourth-order valence-electron chi connectivity index (χ4n) is 7.07. The number of fused-ring (bicyclic) bond motifs is 3. The van der Waals surface area contributed by atoms with Gasteiger partial charge in [-0.15, -0.1) is 0 Å². The Kier molecular flexibility index (Phi) is 9.44. The zero-order valence-electron chi connectivity index (χ0n) is 26.2. The second-order valence-electron chi connectivity index (χ2n) is 12.8. The number of carbonyl (C=O) groups is 2. The van der Waals surface area contributed by atoms with Crippen LogP contribution in [0.4, 0.5) is 0 Å². The van der Waals surface area contributed by atoms with Crippen LogP contribution in [0.15, 0.2) is 48.3 Å². The highest BCUT2D eigenvalue weighted by Crippen LogP contribution is 2.55. The standard InChI is InChI=1S/C34H45NO9/c1-5-6-7-8-17-41-28(36)21-34(39,14-9-12-32(2,3)38)31(37)44-30-27(40-4)20-33-13-10-15-35(33)16-11-23-18-25-26(43-22-42-25)19-24(23)29(30)33/h5-8,18-20,29-30,38-39H,9-17,21-22H2,1-4H3/b6-5+,8-7+/t29-,30-,33+,34-/m1/s1. The van der Waals surface area contributed by atoms with Crippen LogP contribution < -0.4 is 9.47 Å². The van der Waals surface area contributed by atoms with Crippen LogP contribution in [-0.2, 0) is 30.2 Å². The molecule has 0 aromatic heterocycles. The summed E-state index contributed by atoms with van der Waals surface area (Å²) in [7, 11) is 1.56. The highest BCUT2D eigenvalue weighted by atomic mass is 16.7. The molecule has 0 saturated carbocycles. The van der Waals surface area contributed by atoms with Crippen molar-refractivity contribution < 1.29 is 43.5 Å². The third kappa shape index (κ3) is 6.53. The lowest BCUT2D eigenvalue weighted by atomic mass is 9.77. The Balaban J connectivity index is 1.44. The molecule has 44 heavy (non-hydrogen) atoms. The smallest absolute Gasteiger partial charge is 0.339 e. The van der Waals surface area contributed by atoms with E-state index in [9.17, 15) is 19.8 Å².